The van der Waals surface area contributed by atoms with E-state index in [1.54, 1.807) is 23.9 Å². The van der Waals surface area contributed by atoms with E-state index in [1.807, 2.05) is 18.4 Å². The van der Waals surface area contributed by atoms with Crippen LogP contribution < -0.4 is 5.32 Å². The van der Waals surface area contributed by atoms with E-state index >= 15 is 0 Å². The first-order chi connectivity index (χ1) is 12.9. The quantitative estimate of drug-likeness (QED) is 0.484. The highest BCUT2D eigenvalue weighted by atomic mass is 32.2. The van der Waals surface area contributed by atoms with Crippen molar-refractivity contribution < 1.29 is 23.9 Å². The Morgan fingerprint density at radius 1 is 1.04 bits per heavy atom. The number of benzene rings is 2. The molecule has 138 valence electrons. The SMILES string of the molecule is CSc1ccc(NC(=O)COC(=O)c2ccc3c(c2)C(=O)N(C)C3=O)cc1. The average Bonchev–Trinajstić information content (AvgIpc) is 2.90. The second-order valence-corrected chi connectivity index (χ2v) is 6.66. The summed E-state index contributed by atoms with van der Waals surface area (Å²) in [5.41, 5.74) is 1.08. The van der Waals surface area contributed by atoms with E-state index in [0.29, 0.717) is 5.69 Å². The molecule has 0 saturated carbocycles. The lowest BCUT2D eigenvalue weighted by molar-refractivity contribution is -0.119. The molecule has 0 fully saturated rings. The molecular formula is C19H16N2O5S. The van der Waals surface area contributed by atoms with Crippen molar-refractivity contribution >= 4 is 41.1 Å². The molecule has 0 aliphatic carbocycles. The normalized spacial score (nSPS) is 12.7. The topological polar surface area (TPSA) is 92.8 Å². The van der Waals surface area contributed by atoms with Crippen molar-refractivity contribution in [2.45, 2.75) is 4.90 Å². The molecule has 1 N–H and O–H groups in total. The largest absolute Gasteiger partial charge is 0.452 e. The first-order valence-electron chi connectivity index (χ1n) is 7.98. The van der Waals surface area contributed by atoms with E-state index in [1.165, 1.54) is 25.2 Å². The number of hydrogen-bond donors (Lipinski definition) is 1. The lowest BCUT2D eigenvalue weighted by atomic mass is 10.1. The highest BCUT2D eigenvalue weighted by Gasteiger charge is 2.33. The van der Waals surface area contributed by atoms with Crippen LogP contribution in [0.15, 0.2) is 47.4 Å². The van der Waals surface area contributed by atoms with Crippen LogP contribution in [0.1, 0.15) is 31.1 Å². The molecule has 0 spiro atoms. The third-order valence-electron chi connectivity index (χ3n) is 4.03. The molecular weight excluding hydrogens is 368 g/mol. The number of carbonyl (C=O) groups excluding carboxylic acids is 4. The number of anilines is 1. The summed E-state index contributed by atoms with van der Waals surface area (Å²) >= 11 is 1.59. The Morgan fingerprint density at radius 3 is 2.37 bits per heavy atom. The van der Waals surface area contributed by atoms with Crippen molar-refractivity contribution in [3.05, 3.63) is 59.2 Å². The third-order valence-corrected chi connectivity index (χ3v) is 4.78. The number of imide groups is 1. The minimum absolute atomic E-state index is 0.0994. The molecule has 0 aromatic heterocycles. The van der Waals surface area contributed by atoms with Gasteiger partial charge in [-0.1, -0.05) is 0 Å². The summed E-state index contributed by atoms with van der Waals surface area (Å²) in [4.78, 5) is 50.0. The lowest BCUT2D eigenvalue weighted by Crippen LogP contribution is -2.24. The van der Waals surface area contributed by atoms with Crippen molar-refractivity contribution in [3.8, 4) is 0 Å². The van der Waals surface area contributed by atoms with Crippen molar-refractivity contribution in [3.63, 3.8) is 0 Å². The third kappa shape index (κ3) is 3.85. The van der Waals surface area contributed by atoms with Crippen LogP contribution in [0.2, 0.25) is 0 Å². The van der Waals surface area contributed by atoms with Gasteiger partial charge >= 0.3 is 5.97 Å². The lowest BCUT2D eigenvalue weighted by Gasteiger charge is -2.07. The monoisotopic (exact) mass is 384 g/mol. The van der Waals surface area contributed by atoms with E-state index < -0.39 is 30.3 Å². The van der Waals surface area contributed by atoms with Crippen LogP contribution in [0.5, 0.6) is 0 Å². The summed E-state index contributed by atoms with van der Waals surface area (Å²) in [6, 6.07) is 11.3. The first-order valence-corrected chi connectivity index (χ1v) is 9.20. The summed E-state index contributed by atoms with van der Waals surface area (Å²) < 4.78 is 4.99. The second-order valence-electron chi connectivity index (χ2n) is 5.78. The molecule has 27 heavy (non-hydrogen) atoms. The maximum Gasteiger partial charge on any atom is 0.338 e. The molecule has 0 saturated heterocycles. The molecule has 1 aliphatic heterocycles. The Labute approximate surface area is 159 Å². The van der Waals surface area contributed by atoms with E-state index in [0.717, 1.165) is 9.80 Å². The predicted octanol–water partition coefficient (Wildman–Crippen LogP) is 2.43. The number of rotatable bonds is 5. The molecule has 2 aromatic rings. The van der Waals surface area contributed by atoms with Crippen LogP contribution in [0.3, 0.4) is 0 Å². The number of hydrogen-bond acceptors (Lipinski definition) is 6. The average molecular weight is 384 g/mol. The van der Waals surface area contributed by atoms with Crippen LogP contribution in [0, 0.1) is 0 Å². The standard InChI is InChI=1S/C19H16N2O5S/c1-21-17(23)14-8-3-11(9-15(14)18(21)24)19(25)26-10-16(22)20-12-4-6-13(27-2)7-5-12/h3-9H,10H2,1-2H3,(H,20,22). The number of carbonyl (C=O) groups is 4. The molecule has 1 aliphatic rings. The summed E-state index contributed by atoms with van der Waals surface area (Å²) in [5.74, 6) is -2.12. The smallest absolute Gasteiger partial charge is 0.338 e. The summed E-state index contributed by atoms with van der Waals surface area (Å²) in [6.07, 6.45) is 1.95. The Kier molecular flexibility index (Phi) is 5.27. The Bertz CT molecular complexity index is 940. The van der Waals surface area contributed by atoms with Gasteiger partial charge < -0.3 is 10.1 Å². The number of ether oxygens (including phenoxy) is 1. The molecule has 2 aromatic carbocycles. The van der Waals surface area contributed by atoms with Gasteiger partial charge in [0.1, 0.15) is 0 Å². The summed E-state index contributed by atoms with van der Waals surface area (Å²) in [6.45, 7) is -0.465. The maximum atomic E-state index is 12.1. The zero-order valence-corrected chi connectivity index (χ0v) is 15.5. The molecule has 0 unspecified atom stereocenters. The van der Waals surface area contributed by atoms with Crippen molar-refractivity contribution in [2.24, 2.45) is 0 Å². The van der Waals surface area contributed by atoms with Gasteiger partial charge in [0.05, 0.1) is 16.7 Å². The van der Waals surface area contributed by atoms with Crippen molar-refractivity contribution in [2.75, 3.05) is 25.2 Å². The van der Waals surface area contributed by atoms with E-state index in [9.17, 15) is 19.2 Å². The molecule has 0 bridgehead atoms. The summed E-state index contributed by atoms with van der Waals surface area (Å²) in [5, 5.41) is 2.63. The van der Waals surface area contributed by atoms with Gasteiger partial charge in [-0.2, -0.15) is 0 Å². The molecule has 3 rings (SSSR count). The zero-order chi connectivity index (χ0) is 19.6. The van der Waals surface area contributed by atoms with Gasteiger partial charge in [0.15, 0.2) is 6.61 Å². The number of thioether (sulfide) groups is 1. The van der Waals surface area contributed by atoms with Gasteiger partial charge in [-0.15, -0.1) is 11.8 Å². The number of fused-ring (bicyclic) bond motifs is 1. The van der Waals surface area contributed by atoms with Crippen LogP contribution in [-0.2, 0) is 9.53 Å². The van der Waals surface area contributed by atoms with E-state index in [2.05, 4.69) is 5.32 Å². The van der Waals surface area contributed by atoms with E-state index in [4.69, 9.17) is 4.74 Å². The molecule has 0 atom stereocenters. The van der Waals surface area contributed by atoms with Crippen LogP contribution in [0.25, 0.3) is 0 Å². The highest BCUT2D eigenvalue weighted by Crippen LogP contribution is 2.23. The number of nitrogens with zero attached hydrogens (tertiary/aromatic N) is 1. The summed E-state index contributed by atoms with van der Waals surface area (Å²) in [7, 11) is 1.37. The fraction of sp³-hybridized carbons (Fsp3) is 0.158. The Hall–Kier alpha value is -3.13. The first kappa shape index (κ1) is 18.7. The second kappa shape index (κ2) is 7.63. The number of amides is 3. The highest BCUT2D eigenvalue weighted by molar-refractivity contribution is 7.98. The van der Waals surface area contributed by atoms with Gasteiger partial charge in [0.25, 0.3) is 17.7 Å². The Morgan fingerprint density at radius 2 is 1.70 bits per heavy atom. The fourth-order valence-electron chi connectivity index (χ4n) is 2.57. The van der Waals surface area contributed by atoms with Gasteiger partial charge in [-0.25, -0.2) is 4.79 Å². The zero-order valence-electron chi connectivity index (χ0n) is 14.6. The molecule has 8 heteroatoms. The number of esters is 1. The Balaban J connectivity index is 1.60. The molecule has 7 nitrogen and oxygen atoms in total. The minimum Gasteiger partial charge on any atom is -0.452 e. The molecule has 3 amide bonds. The van der Waals surface area contributed by atoms with Gasteiger partial charge in [0, 0.05) is 17.6 Å². The van der Waals surface area contributed by atoms with Crippen LogP contribution in [0.4, 0.5) is 5.69 Å². The molecule has 0 radical (unpaired) electrons. The van der Waals surface area contributed by atoms with Gasteiger partial charge in [0.2, 0.25) is 0 Å². The van der Waals surface area contributed by atoms with Crippen molar-refractivity contribution in [1.29, 1.82) is 0 Å². The number of nitrogens with one attached hydrogen (secondary N) is 1. The predicted molar refractivity (Wildman–Crippen MR) is 100 cm³/mol. The maximum absolute atomic E-state index is 12.1. The van der Waals surface area contributed by atoms with Gasteiger partial charge in [-0.05, 0) is 48.7 Å². The minimum atomic E-state index is -0.750. The fourth-order valence-corrected chi connectivity index (χ4v) is 2.98. The van der Waals surface area contributed by atoms with Crippen LogP contribution >= 0.6 is 11.8 Å². The van der Waals surface area contributed by atoms with E-state index in [-0.39, 0.29) is 16.7 Å². The van der Waals surface area contributed by atoms with Gasteiger partial charge in [-0.3, -0.25) is 19.3 Å². The molecule has 1 heterocycles. The van der Waals surface area contributed by atoms with Crippen molar-refractivity contribution in [1.82, 2.24) is 4.90 Å². The van der Waals surface area contributed by atoms with Crippen LogP contribution in [-0.4, -0.2) is 48.5 Å².